The largest absolute Gasteiger partial charge is 0.497 e. The zero-order valence-corrected chi connectivity index (χ0v) is 42.4. The van der Waals surface area contributed by atoms with Crippen LogP contribution in [0.3, 0.4) is 0 Å². The van der Waals surface area contributed by atoms with Gasteiger partial charge in [0.05, 0.1) is 7.11 Å². The van der Waals surface area contributed by atoms with E-state index in [1.807, 2.05) is 121 Å². The Hall–Kier alpha value is -7.96. The highest BCUT2D eigenvalue weighted by Crippen LogP contribution is 2.48. The molecule has 2 aliphatic rings. The van der Waals surface area contributed by atoms with Gasteiger partial charge in [-0.2, -0.15) is 0 Å². The molecule has 0 aliphatic carbocycles. The molecule has 2 N–H and O–H groups in total. The lowest BCUT2D eigenvalue weighted by atomic mass is 9.77. The third-order valence-electron chi connectivity index (χ3n) is 12.9. The Bertz CT molecular complexity index is 3140. The summed E-state index contributed by atoms with van der Waals surface area (Å²) in [5, 5.41) is 15.7. The fourth-order valence-corrected chi connectivity index (χ4v) is 15.6. The Kier molecular flexibility index (Phi) is 14.5. The van der Waals surface area contributed by atoms with Crippen molar-refractivity contribution in [2.24, 2.45) is 5.16 Å². The van der Waals surface area contributed by atoms with E-state index in [4.69, 9.17) is 19.3 Å². The van der Waals surface area contributed by atoms with E-state index < -0.39 is 41.6 Å². The molecule has 2 aliphatic heterocycles. The van der Waals surface area contributed by atoms with Gasteiger partial charge in [0.1, 0.15) is 47.8 Å². The lowest BCUT2D eigenvalue weighted by Crippen LogP contribution is -2.71. The molecule has 2 amide bonds. The van der Waals surface area contributed by atoms with Crippen molar-refractivity contribution >= 4 is 80.3 Å². The lowest BCUT2D eigenvalue weighted by molar-refractivity contribution is -0.153. The molecule has 73 heavy (non-hydrogen) atoms. The minimum atomic E-state index is -2.65. The van der Waals surface area contributed by atoms with Crippen molar-refractivity contribution in [2.75, 3.05) is 25.3 Å². The van der Waals surface area contributed by atoms with E-state index in [1.54, 1.807) is 24.6 Å². The van der Waals surface area contributed by atoms with Crippen molar-refractivity contribution in [1.29, 1.82) is 0 Å². The summed E-state index contributed by atoms with van der Waals surface area (Å²) >= 11 is 2.78. The van der Waals surface area contributed by atoms with E-state index in [9.17, 15) is 14.4 Å². The number of oxime groups is 1. The number of hydrogen-bond acceptors (Lipinski definition) is 11. The number of rotatable bonds is 17. The van der Waals surface area contributed by atoms with Crippen LogP contribution in [0, 0.1) is 0 Å². The maximum atomic E-state index is 14.8. The number of hydrogen-bond donors (Lipinski definition) is 2. The van der Waals surface area contributed by atoms with Gasteiger partial charge in [-0.3, -0.25) is 14.5 Å². The third kappa shape index (κ3) is 9.62. The van der Waals surface area contributed by atoms with Crippen molar-refractivity contribution in [3.63, 3.8) is 0 Å². The van der Waals surface area contributed by atoms with Gasteiger partial charge >= 0.3 is 5.97 Å². The first-order valence-corrected chi connectivity index (χ1v) is 27.3. The Balaban J connectivity index is 0.992. The maximum absolute atomic E-state index is 14.8. The third-order valence-corrected chi connectivity index (χ3v) is 19.0. The summed E-state index contributed by atoms with van der Waals surface area (Å²) in [5.41, 5.74) is 3.75. The van der Waals surface area contributed by atoms with Gasteiger partial charge in [-0.05, 0) is 68.6 Å². The summed E-state index contributed by atoms with van der Waals surface area (Å²) in [7, 11) is 2.94. The van der Waals surface area contributed by atoms with Crippen LogP contribution in [0.2, 0.25) is 0 Å². The van der Waals surface area contributed by atoms with E-state index in [1.165, 1.54) is 35.1 Å². The summed E-state index contributed by atoms with van der Waals surface area (Å²) in [6.07, 6.45) is 0. The maximum Gasteiger partial charge on any atom is 0.355 e. The fourth-order valence-electron chi connectivity index (χ4n) is 9.45. The summed E-state index contributed by atoms with van der Waals surface area (Å²) in [4.78, 5) is 55.6. The first-order chi connectivity index (χ1) is 35.8. The molecule has 0 radical (unpaired) electrons. The molecule has 1 saturated heterocycles. The number of methoxy groups -OCH3 is 1. The molecule has 2 atom stereocenters. The van der Waals surface area contributed by atoms with Crippen LogP contribution in [-0.2, 0) is 36.1 Å². The molecule has 10 rings (SSSR count). The van der Waals surface area contributed by atoms with E-state index in [0.717, 1.165) is 38.2 Å². The number of fused-ring (bicyclic) bond motifs is 1. The van der Waals surface area contributed by atoms with Crippen molar-refractivity contribution in [1.82, 2.24) is 15.2 Å². The minimum absolute atomic E-state index is 0.0412. The highest BCUT2D eigenvalue weighted by molar-refractivity contribution is 8.00. The molecule has 1 unspecified atom stereocenters. The van der Waals surface area contributed by atoms with Crippen LogP contribution < -0.4 is 31.3 Å². The molecule has 3 heterocycles. The van der Waals surface area contributed by atoms with Gasteiger partial charge in [0.25, 0.3) is 11.8 Å². The van der Waals surface area contributed by atoms with Crippen LogP contribution >= 0.6 is 30.0 Å². The molecule has 0 spiro atoms. The number of esters is 1. The number of ether oxygens (including phenoxy) is 2. The number of nitrogens with zero attached hydrogens (tertiary/aromatic N) is 3. The van der Waals surface area contributed by atoms with Crippen molar-refractivity contribution in [3.8, 4) is 5.75 Å². The molecule has 0 bridgehead atoms. The summed E-state index contributed by atoms with van der Waals surface area (Å²) in [5.74, 6) is 1.44. The second kappa shape index (κ2) is 21.8. The predicted molar refractivity (Wildman–Crippen MR) is 295 cm³/mol. The minimum Gasteiger partial charge on any atom is -0.497 e. The SMILES string of the molecule is CON=C(C(=O)NC1C(=O)N2C(C(=O)OCc3ccc(OC)cc3)=C(C=P(c3ccccc3)(c3ccccc3)c3ccccc3)CS[C@@H]12)c1csc(NC(c2ccccc2)(c2ccccc2)c2ccccc2)n1. The number of nitrogens with one attached hydrogen (secondary N) is 2. The summed E-state index contributed by atoms with van der Waals surface area (Å²) < 4.78 is 11.4. The number of anilines is 1. The fraction of sp³-hybridized carbons (Fsp3) is 0.119. The van der Waals surface area contributed by atoms with Gasteiger partial charge in [0, 0.05) is 11.1 Å². The van der Waals surface area contributed by atoms with Crippen molar-refractivity contribution < 1.29 is 28.7 Å². The molecule has 1 aromatic heterocycles. The number of β-lactam (4-membered cyclic amide) rings is 1. The summed E-state index contributed by atoms with van der Waals surface area (Å²) in [6.45, 7) is -2.69. The topological polar surface area (TPSA) is 131 Å². The van der Waals surface area contributed by atoms with E-state index >= 15 is 0 Å². The van der Waals surface area contributed by atoms with Gasteiger partial charge in [-0.25, -0.2) is 9.78 Å². The van der Waals surface area contributed by atoms with E-state index in [0.29, 0.717) is 22.2 Å². The van der Waals surface area contributed by atoms with Crippen LogP contribution in [0.1, 0.15) is 27.9 Å². The zero-order chi connectivity index (χ0) is 50.2. The Morgan fingerprint density at radius 2 is 1.21 bits per heavy atom. The Morgan fingerprint density at radius 1 is 0.712 bits per heavy atom. The van der Waals surface area contributed by atoms with Crippen LogP contribution in [0.15, 0.2) is 228 Å². The zero-order valence-electron chi connectivity index (χ0n) is 39.9. The Morgan fingerprint density at radius 3 is 1.68 bits per heavy atom. The first kappa shape index (κ1) is 48.7. The highest BCUT2D eigenvalue weighted by Gasteiger charge is 2.55. The van der Waals surface area contributed by atoms with E-state index in [-0.39, 0.29) is 23.7 Å². The highest BCUT2D eigenvalue weighted by atomic mass is 32.2. The molecular formula is C59H50N5O6PS2. The molecule has 7 aromatic carbocycles. The molecule has 14 heteroatoms. The second-order valence-electron chi connectivity index (χ2n) is 17.2. The number of benzene rings is 7. The molecule has 11 nitrogen and oxygen atoms in total. The number of thioether (sulfide) groups is 1. The molecule has 0 saturated carbocycles. The van der Waals surface area contributed by atoms with Gasteiger partial charge in [-0.1, -0.05) is 199 Å². The average molecular weight is 1020 g/mol. The summed E-state index contributed by atoms with van der Waals surface area (Å²) in [6, 6.07) is 67.5. The first-order valence-electron chi connectivity index (χ1n) is 23.6. The predicted octanol–water partition coefficient (Wildman–Crippen LogP) is 9.10. The van der Waals surface area contributed by atoms with E-state index in [2.05, 4.69) is 94.4 Å². The van der Waals surface area contributed by atoms with Crippen molar-refractivity contribution in [3.05, 3.63) is 251 Å². The van der Waals surface area contributed by atoms with Crippen LogP contribution in [0.5, 0.6) is 5.75 Å². The number of carbonyl (C=O) groups excluding carboxylic acids is 3. The van der Waals surface area contributed by atoms with Crippen LogP contribution in [-0.4, -0.2) is 70.6 Å². The number of thiazole rings is 1. The Labute approximate surface area is 432 Å². The van der Waals surface area contributed by atoms with Gasteiger partial charge in [0.15, 0.2) is 10.8 Å². The molecule has 8 aromatic rings. The smallest absolute Gasteiger partial charge is 0.355 e. The second-order valence-corrected chi connectivity index (χ2v) is 22.4. The van der Waals surface area contributed by atoms with Crippen molar-refractivity contribution in [2.45, 2.75) is 23.6 Å². The van der Waals surface area contributed by atoms with Gasteiger partial charge < -0.3 is 24.9 Å². The number of amides is 2. The average Bonchev–Trinajstić information content (AvgIpc) is 3.93. The standard InChI is InChI=1S/C59H50N5O6PS2/c1-68-46-35-33-41(34-36-46)37-70-57(67)53-42(38-71(47-27-15-6-16-28-47,48-29-17-7-18-30-48)49-31-19-8-20-32-49)39-72-56-52(55(66)64(53)56)61-54(65)51(63-69-2)50-40-73-58(60-50)62-59(43-21-9-3-10-22-43,44-23-11-4-12-24-44)45-25-13-5-14-26-45/h3-36,38,40,52,56H,37,39H2,1-2H3,(H,60,62)(H,61,65)/t52?,56-/m0/s1. The quantitative estimate of drug-likeness (QED) is 0.0229. The number of aromatic nitrogens is 1. The molecule has 364 valence electrons. The monoisotopic (exact) mass is 1020 g/mol. The lowest BCUT2D eigenvalue weighted by Gasteiger charge is -2.49. The van der Waals surface area contributed by atoms with Crippen LogP contribution in [0.4, 0.5) is 5.13 Å². The molecular weight excluding hydrogens is 970 g/mol. The number of carbonyl (C=O) groups is 3. The van der Waals surface area contributed by atoms with Crippen LogP contribution in [0.25, 0.3) is 0 Å². The molecule has 1 fully saturated rings. The normalized spacial score (nSPS) is 15.6. The van der Waals surface area contributed by atoms with Gasteiger partial charge in [-0.15, -0.1) is 23.1 Å². The van der Waals surface area contributed by atoms with Gasteiger partial charge in [0.2, 0.25) is 0 Å².